The molecule has 0 radical (unpaired) electrons. The van der Waals surface area contributed by atoms with E-state index in [9.17, 15) is 4.79 Å². The van der Waals surface area contributed by atoms with Crippen molar-refractivity contribution in [2.24, 2.45) is 13.0 Å². The predicted octanol–water partition coefficient (Wildman–Crippen LogP) is 3.29. The summed E-state index contributed by atoms with van der Waals surface area (Å²) in [5, 5.41) is 12.2. The fraction of sp³-hybridized carbons (Fsp3) is 0.588. The lowest BCUT2D eigenvalue weighted by Gasteiger charge is -2.19. The van der Waals surface area contributed by atoms with Gasteiger partial charge in [0.1, 0.15) is 0 Å². The van der Waals surface area contributed by atoms with Gasteiger partial charge in [-0.3, -0.25) is 4.79 Å². The average molecular weight is 365 g/mol. The van der Waals surface area contributed by atoms with Crippen molar-refractivity contribution in [3.8, 4) is 10.7 Å². The second-order valence-corrected chi connectivity index (χ2v) is 8.26. The third-order valence-electron chi connectivity index (χ3n) is 4.52. The monoisotopic (exact) mass is 364 g/mol. The third kappa shape index (κ3) is 3.67. The number of aryl methyl sites for hydroxylation is 1. The Morgan fingerprint density at radius 2 is 2.29 bits per heavy atom. The Labute approximate surface area is 151 Å². The molecule has 0 bridgehead atoms. The van der Waals surface area contributed by atoms with Gasteiger partial charge in [-0.2, -0.15) is 0 Å². The normalized spacial score (nSPS) is 16.9. The lowest BCUT2D eigenvalue weighted by atomic mass is 9.87. The van der Waals surface area contributed by atoms with Gasteiger partial charge in [0, 0.05) is 18.5 Å². The number of amides is 1. The van der Waals surface area contributed by atoms with Gasteiger partial charge in [-0.05, 0) is 43.7 Å². The van der Waals surface area contributed by atoms with Crippen molar-refractivity contribution in [2.45, 2.75) is 44.7 Å². The number of nitrogens with one attached hydrogen (secondary N) is 1. The minimum Gasteiger partial charge on any atom is -0.356 e. The van der Waals surface area contributed by atoms with Crippen molar-refractivity contribution in [1.82, 2.24) is 20.1 Å². The highest BCUT2D eigenvalue weighted by molar-refractivity contribution is 7.99. The molecule has 1 N–H and O–H groups in total. The summed E-state index contributed by atoms with van der Waals surface area (Å²) in [6.45, 7) is 4.86. The van der Waals surface area contributed by atoms with Gasteiger partial charge in [0.25, 0.3) is 0 Å². The zero-order chi connectivity index (χ0) is 17.1. The molecule has 3 rings (SSSR count). The van der Waals surface area contributed by atoms with E-state index in [1.165, 1.54) is 52.8 Å². The smallest absolute Gasteiger partial charge is 0.230 e. The summed E-state index contributed by atoms with van der Waals surface area (Å²) in [6, 6.07) is 2.30. The fourth-order valence-electron chi connectivity index (χ4n) is 3.09. The number of thioether (sulfide) groups is 1. The highest BCUT2D eigenvalue weighted by Gasteiger charge is 2.22. The molecule has 1 aliphatic rings. The molecule has 1 amide bonds. The third-order valence-corrected chi connectivity index (χ3v) is 6.78. The summed E-state index contributed by atoms with van der Waals surface area (Å²) in [5.74, 6) is 2.13. The van der Waals surface area contributed by atoms with Crippen molar-refractivity contribution < 1.29 is 4.79 Å². The second kappa shape index (κ2) is 7.70. The molecular weight excluding hydrogens is 340 g/mol. The minimum absolute atomic E-state index is 0.0317. The maximum absolute atomic E-state index is 11.6. The number of hydrogen-bond acceptors (Lipinski definition) is 5. The molecule has 1 atom stereocenters. The molecule has 0 fully saturated rings. The van der Waals surface area contributed by atoms with E-state index < -0.39 is 0 Å². The van der Waals surface area contributed by atoms with Crippen LogP contribution < -0.4 is 5.32 Å². The summed E-state index contributed by atoms with van der Waals surface area (Å²) >= 11 is 3.28. The molecule has 0 saturated carbocycles. The summed E-state index contributed by atoms with van der Waals surface area (Å²) in [4.78, 5) is 14.3. The van der Waals surface area contributed by atoms with Crippen molar-refractivity contribution in [2.75, 3.05) is 12.3 Å². The number of rotatable bonds is 6. The fourth-order valence-corrected chi connectivity index (χ4v) is 5.06. The van der Waals surface area contributed by atoms with Crippen LogP contribution in [0.1, 0.15) is 37.1 Å². The van der Waals surface area contributed by atoms with Crippen LogP contribution in [-0.2, 0) is 24.7 Å². The van der Waals surface area contributed by atoms with Gasteiger partial charge in [0.2, 0.25) is 5.91 Å². The summed E-state index contributed by atoms with van der Waals surface area (Å²) in [7, 11) is 1.98. The van der Waals surface area contributed by atoms with Gasteiger partial charge in [-0.1, -0.05) is 25.1 Å². The number of hydrogen-bond donors (Lipinski definition) is 1. The van der Waals surface area contributed by atoms with Crippen LogP contribution in [0, 0.1) is 5.92 Å². The zero-order valence-corrected chi connectivity index (χ0v) is 16.1. The van der Waals surface area contributed by atoms with Crippen LogP contribution in [0.2, 0.25) is 0 Å². The van der Waals surface area contributed by atoms with Crippen molar-refractivity contribution in [3.05, 3.63) is 16.5 Å². The standard InChI is InChI=1S/C17H24N4OS2/c1-4-11-6-7-13-12(8-11)9-14(24-13)16-19-20-17(21(16)3)23-10-15(22)18-5-2/h9,11H,4-8,10H2,1-3H3,(H,18,22)/t11-/m0/s1. The van der Waals surface area contributed by atoms with Gasteiger partial charge >= 0.3 is 0 Å². The van der Waals surface area contributed by atoms with E-state index in [1.54, 1.807) is 0 Å². The number of fused-ring (bicyclic) bond motifs is 1. The molecule has 2 aromatic heterocycles. The van der Waals surface area contributed by atoms with E-state index in [0.29, 0.717) is 12.3 Å². The van der Waals surface area contributed by atoms with Crippen molar-refractivity contribution in [1.29, 1.82) is 0 Å². The van der Waals surface area contributed by atoms with Crippen molar-refractivity contribution in [3.63, 3.8) is 0 Å². The summed E-state index contributed by atoms with van der Waals surface area (Å²) < 4.78 is 2.00. The molecule has 0 spiro atoms. The summed E-state index contributed by atoms with van der Waals surface area (Å²) in [6.07, 6.45) is 4.94. The van der Waals surface area contributed by atoms with E-state index in [0.717, 1.165) is 16.9 Å². The predicted molar refractivity (Wildman–Crippen MR) is 99.5 cm³/mol. The van der Waals surface area contributed by atoms with Crippen molar-refractivity contribution >= 4 is 29.0 Å². The Morgan fingerprint density at radius 1 is 1.46 bits per heavy atom. The second-order valence-electron chi connectivity index (χ2n) is 6.18. The SMILES string of the molecule is CCNC(=O)CSc1nnc(-c2cc3c(s2)CC[C@H](CC)C3)n1C. The first-order chi connectivity index (χ1) is 11.6. The minimum atomic E-state index is 0.0317. The van der Waals surface area contributed by atoms with E-state index in [2.05, 4.69) is 28.5 Å². The maximum Gasteiger partial charge on any atom is 0.230 e. The Hall–Kier alpha value is -1.34. The van der Waals surface area contributed by atoms with Crippen LogP contribution >= 0.6 is 23.1 Å². The Balaban J connectivity index is 1.74. The molecule has 130 valence electrons. The topological polar surface area (TPSA) is 59.8 Å². The van der Waals surface area contributed by atoms with Gasteiger partial charge in [0.05, 0.1) is 10.6 Å². The molecule has 0 saturated heterocycles. The molecule has 0 aliphatic heterocycles. The molecule has 24 heavy (non-hydrogen) atoms. The first kappa shape index (κ1) is 17.5. The highest BCUT2D eigenvalue weighted by Crippen LogP contribution is 2.37. The Bertz CT molecular complexity index is 722. The highest BCUT2D eigenvalue weighted by atomic mass is 32.2. The first-order valence-corrected chi connectivity index (χ1v) is 10.3. The summed E-state index contributed by atoms with van der Waals surface area (Å²) in [5.41, 5.74) is 1.49. The van der Waals surface area contributed by atoms with E-state index >= 15 is 0 Å². The van der Waals surface area contributed by atoms with Crippen LogP contribution in [-0.4, -0.2) is 33.0 Å². The Morgan fingerprint density at radius 3 is 3.04 bits per heavy atom. The quantitative estimate of drug-likeness (QED) is 0.799. The average Bonchev–Trinajstić information content (AvgIpc) is 3.15. The molecule has 1 aliphatic carbocycles. The van der Waals surface area contributed by atoms with Gasteiger partial charge in [-0.25, -0.2) is 0 Å². The molecule has 2 aromatic rings. The Kier molecular flexibility index (Phi) is 5.61. The molecule has 0 unspecified atom stereocenters. The first-order valence-electron chi connectivity index (χ1n) is 8.53. The number of carbonyl (C=O) groups excluding carboxylic acids is 1. The van der Waals surface area contributed by atoms with E-state index in [4.69, 9.17) is 0 Å². The zero-order valence-electron chi connectivity index (χ0n) is 14.5. The molecular formula is C17H24N4OS2. The largest absolute Gasteiger partial charge is 0.356 e. The van der Waals surface area contributed by atoms with Crippen LogP contribution in [0.5, 0.6) is 0 Å². The van der Waals surface area contributed by atoms with Crippen LogP contribution in [0.4, 0.5) is 0 Å². The molecule has 7 heteroatoms. The number of carbonyl (C=O) groups is 1. The van der Waals surface area contributed by atoms with Crippen LogP contribution in [0.3, 0.4) is 0 Å². The molecule has 5 nitrogen and oxygen atoms in total. The molecule has 2 heterocycles. The molecule has 0 aromatic carbocycles. The lowest BCUT2D eigenvalue weighted by Crippen LogP contribution is -2.24. The van der Waals surface area contributed by atoms with Gasteiger partial charge in [-0.15, -0.1) is 21.5 Å². The number of aromatic nitrogens is 3. The maximum atomic E-state index is 11.6. The van der Waals surface area contributed by atoms with Crippen LogP contribution in [0.25, 0.3) is 10.7 Å². The number of nitrogens with zero attached hydrogens (tertiary/aromatic N) is 3. The van der Waals surface area contributed by atoms with Crippen LogP contribution in [0.15, 0.2) is 11.2 Å². The van der Waals surface area contributed by atoms with Gasteiger partial charge in [0.15, 0.2) is 11.0 Å². The van der Waals surface area contributed by atoms with E-state index in [1.807, 2.05) is 29.9 Å². The lowest BCUT2D eigenvalue weighted by molar-refractivity contribution is -0.118. The number of thiophene rings is 1. The van der Waals surface area contributed by atoms with Gasteiger partial charge < -0.3 is 9.88 Å². The van der Waals surface area contributed by atoms with E-state index in [-0.39, 0.29) is 5.91 Å².